The lowest BCUT2D eigenvalue weighted by Crippen LogP contribution is -2.43. The van der Waals surface area contributed by atoms with Crippen LogP contribution in [-0.4, -0.2) is 72.8 Å². The molecule has 212 valence electrons. The summed E-state index contributed by atoms with van der Waals surface area (Å²) >= 11 is 1.49. The zero-order valence-electron chi connectivity index (χ0n) is 23.4. The van der Waals surface area contributed by atoms with Crippen LogP contribution in [0.4, 0.5) is 10.2 Å². The van der Waals surface area contributed by atoms with Crippen LogP contribution in [-0.2, 0) is 15.0 Å². The number of ether oxygens (including phenoxy) is 2. The lowest BCUT2D eigenvalue weighted by Gasteiger charge is -2.24. The predicted octanol–water partition coefficient (Wildman–Crippen LogP) is 3.88. The molecule has 1 atom stereocenters. The van der Waals surface area contributed by atoms with E-state index >= 15 is 0 Å². The summed E-state index contributed by atoms with van der Waals surface area (Å²) in [6.07, 6.45) is 0. The normalized spacial score (nSPS) is 16.7. The Morgan fingerprint density at radius 3 is 2.58 bits per heavy atom. The minimum absolute atomic E-state index is 0.158. The van der Waals surface area contributed by atoms with Crippen LogP contribution >= 0.6 is 11.8 Å². The molecule has 9 nitrogen and oxygen atoms in total. The number of rotatable bonds is 7. The predicted molar refractivity (Wildman–Crippen MR) is 153 cm³/mol. The molecule has 1 N–H and O–H groups in total. The highest BCUT2D eigenvalue weighted by atomic mass is 32.2. The largest absolute Gasteiger partial charge is 0.454 e. The van der Waals surface area contributed by atoms with Crippen LogP contribution in [0, 0.1) is 5.82 Å². The Balaban J connectivity index is 1.68. The van der Waals surface area contributed by atoms with E-state index in [0.717, 1.165) is 16.8 Å². The van der Waals surface area contributed by atoms with Gasteiger partial charge in [-0.15, -0.1) is 11.8 Å². The average Bonchev–Trinajstić information content (AvgIpc) is 3.49. The van der Waals surface area contributed by atoms with Gasteiger partial charge in [0.15, 0.2) is 11.5 Å². The Labute approximate surface area is 237 Å². The number of hydrogen-bond acceptors (Lipinski definition) is 7. The summed E-state index contributed by atoms with van der Waals surface area (Å²) in [5.41, 5.74) is 2.75. The maximum atomic E-state index is 13.9. The van der Waals surface area contributed by atoms with Crippen molar-refractivity contribution in [1.82, 2.24) is 20.0 Å². The van der Waals surface area contributed by atoms with Crippen molar-refractivity contribution >= 4 is 29.4 Å². The number of carbonyl (C=O) groups excluding carboxylic acids is 2. The Hall–Kier alpha value is -3.57. The molecular formula is C29H34FN5O4S. The molecule has 0 fully saturated rings. The molecule has 2 aromatic carbocycles. The van der Waals surface area contributed by atoms with Gasteiger partial charge in [-0.1, -0.05) is 26.8 Å². The smallest absolute Gasteiger partial charge is 0.240 e. The van der Waals surface area contributed by atoms with Crippen LogP contribution in [0.3, 0.4) is 0 Å². The minimum Gasteiger partial charge on any atom is -0.454 e. The first-order chi connectivity index (χ1) is 19.0. The van der Waals surface area contributed by atoms with Crippen molar-refractivity contribution in [1.29, 1.82) is 0 Å². The number of aromatic nitrogens is 2. The molecular weight excluding hydrogens is 533 g/mol. The highest BCUT2D eigenvalue weighted by molar-refractivity contribution is 8.00. The van der Waals surface area contributed by atoms with Crippen molar-refractivity contribution in [3.8, 4) is 17.2 Å². The zero-order valence-corrected chi connectivity index (χ0v) is 24.2. The van der Waals surface area contributed by atoms with E-state index in [1.807, 2.05) is 37.2 Å². The van der Waals surface area contributed by atoms with Gasteiger partial charge in [0.05, 0.1) is 22.4 Å². The van der Waals surface area contributed by atoms with E-state index in [1.165, 1.54) is 28.8 Å². The SMILES string of the molecule is CN(C)CCNC(=O)CN1C(=O)CS[C@@H](c2ccc3c(c2)OCO3)c2c(C(C)(C)C)nn(-c3ccc(F)cc3)c21. The number of benzene rings is 2. The molecule has 1 aromatic heterocycles. The lowest BCUT2D eigenvalue weighted by molar-refractivity contribution is -0.122. The first kappa shape index (κ1) is 28.0. The number of amides is 2. The summed E-state index contributed by atoms with van der Waals surface area (Å²) in [5.74, 6) is 1.14. The number of anilines is 1. The highest BCUT2D eigenvalue weighted by Crippen LogP contribution is 2.49. The van der Waals surface area contributed by atoms with Crippen molar-refractivity contribution in [3.05, 3.63) is 65.1 Å². The van der Waals surface area contributed by atoms with Gasteiger partial charge in [-0.05, 0) is 56.1 Å². The van der Waals surface area contributed by atoms with Gasteiger partial charge in [-0.25, -0.2) is 9.07 Å². The molecule has 0 saturated carbocycles. The standard InChI is InChI=1S/C29H34FN5O4S/c1-29(2,3)27-25-26(18-6-11-21-22(14-18)39-17-38-21)40-16-24(37)34(15-23(36)31-12-13-33(4)5)28(25)35(32-27)20-9-7-19(30)8-10-20/h6-11,14,26H,12-13,15-17H2,1-5H3,(H,31,36)/t26-/m0/s1. The average molecular weight is 568 g/mol. The molecule has 3 heterocycles. The topological polar surface area (TPSA) is 88.9 Å². The molecule has 0 unspecified atom stereocenters. The Morgan fingerprint density at radius 1 is 1.15 bits per heavy atom. The van der Waals surface area contributed by atoms with E-state index in [1.54, 1.807) is 16.8 Å². The van der Waals surface area contributed by atoms with Crippen LogP contribution in [0.15, 0.2) is 42.5 Å². The molecule has 3 aromatic rings. The van der Waals surface area contributed by atoms with Gasteiger partial charge in [0.25, 0.3) is 0 Å². The number of halogens is 1. The molecule has 11 heteroatoms. The number of likely N-dealkylation sites (N-methyl/N-ethyl adjacent to an activating group) is 1. The third-order valence-electron chi connectivity index (χ3n) is 6.75. The maximum absolute atomic E-state index is 13.9. The number of thioether (sulfide) groups is 1. The van der Waals surface area contributed by atoms with Crippen molar-refractivity contribution in [3.63, 3.8) is 0 Å². The van der Waals surface area contributed by atoms with E-state index in [9.17, 15) is 14.0 Å². The number of nitrogens with zero attached hydrogens (tertiary/aromatic N) is 4. The summed E-state index contributed by atoms with van der Waals surface area (Å²) in [5, 5.41) is 7.66. The minimum atomic E-state index is -0.405. The Morgan fingerprint density at radius 2 is 1.88 bits per heavy atom. The summed E-state index contributed by atoms with van der Waals surface area (Å²) in [6, 6.07) is 11.8. The first-order valence-electron chi connectivity index (χ1n) is 13.1. The van der Waals surface area contributed by atoms with Gasteiger partial charge < -0.3 is 19.7 Å². The molecule has 2 amide bonds. The van der Waals surface area contributed by atoms with E-state index in [4.69, 9.17) is 14.6 Å². The number of hydrogen-bond donors (Lipinski definition) is 1. The van der Waals surface area contributed by atoms with E-state index < -0.39 is 5.41 Å². The van der Waals surface area contributed by atoms with Gasteiger partial charge in [0.2, 0.25) is 18.6 Å². The van der Waals surface area contributed by atoms with Crippen LogP contribution in [0.5, 0.6) is 11.5 Å². The fourth-order valence-corrected chi connectivity index (χ4v) is 5.98. The lowest BCUT2D eigenvalue weighted by atomic mass is 9.87. The van der Waals surface area contributed by atoms with E-state index in [0.29, 0.717) is 36.1 Å². The molecule has 0 radical (unpaired) electrons. The zero-order chi connectivity index (χ0) is 28.6. The summed E-state index contributed by atoms with van der Waals surface area (Å²) in [6.45, 7) is 7.33. The molecule has 0 bridgehead atoms. The molecule has 40 heavy (non-hydrogen) atoms. The summed E-state index contributed by atoms with van der Waals surface area (Å²) in [7, 11) is 3.86. The van der Waals surface area contributed by atoms with Crippen molar-refractivity contribution in [2.45, 2.75) is 31.4 Å². The van der Waals surface area contributed by atoms with Crippen LogP contribution in [0.2, 0.25) is 0 Å². The van der Waals surface area contributed by atoms with Gasteiger partial charge in [-0.3, -0.25) is 14.5 Å². The van der Waals surface area contributed by atoms with Crippen LogP contribution < -0.4 is 19.7 Å². The first-order valence-corrected chi connectivity index (χ1v) is 14.2. The number of carbonyl (C=O) groups is 2. The molecule has 0 saturated heterocycles. The second-order valence-corrected chi connectivity index (χ2v) is 12.3. The van der Waals surface area contributed by atoms with E-state index in [2.05, 4.69) is 26.1 Å². The second kappa shape index (κ2) is 11.1. The molecule has 0 aliphatic carbocycles. The highest BCUT2D eigenvalue weighted by Gasteiger charge is 2.40. The molecule has 2 aliphatic rings. The van der Waals surface area contributed by atoms with Crippen LogP contribution in [0.1, 0.15) is 42.8 Å². The third kappa shape index (κ3) is 5.66. The van der Waals surface area contributed by atoms with E-state index in [-0.39, 0.29) is 42.0 Å². The Bertz CT molecular complexity index is 1420. The van der Waals surface area contributed by atoms with Gasteiger partial charge in [0.1, 0.15) is 18.2 Å². The van der Waals surface area contributed by atoms with Crippen molar-refractivity contribution < 1.29 is 23.5 Å². The Kier molecular flexibility index (Phi) is 7.78. The summed E-state index contributed by atoms with van der Waals surface area (Å²) < 4.78 is 26.8. The van der Waals surface area contributed by atoms with Gasteiger partial charge in [0, 0.05) is 24.1 Å². The third-order valence-corrected chi connectivity index (χ3v) is 8.01. The molecule has 0 spiro atoms. The second-order valence-electron chi connectivity index (χ2n) is 11.2. The van der Waals surface area contributed by atoms with Crippen molar-refractivity contribution in [2.24, 2.45) is 0 Å². The monoisotopic (exact) mass is 567 g/mol. The quantitative estimate of drug-likeness (QED) is 0.464. The maximum Gasteiger partial charge on any atom is 0.240 e. The van der Waals surface area contributed by atoms with Crippen molar-refractivity contribution in [2.75, 3.05) is 51.2 Å². The number of fused-ring (bicyclic) bond motifs is 2. The fourth-order valence-electron chi connectivity index (χ4n) is 4.79. The van der Waals surface area contributed by atoms with Gasteiger partial charge in [-0.2, -0.15) is 5.10 Å². The van der Waals surface area contributed by atoms with Crippen LogP contribution in [0.25, 0.3) is 5.69 Å². The fraction of sp³-hybridized carbons (Fsp3) is 0.414. The summed E-state index contributed by atoms with van der Waals surface area (Å²) in [4.78, 5) is 30.3. The number of nitrogens with one attached hydrogen (secondary N) is 1. The molecule has 5 rings (SSSR count). The van der Waals surface area contributed by atoms with Gasteiger partial charge >= 0.3 is 0 Å². The molecule has 2 aliphatic heterocycles.